The third kappa shape index (κ3) is 0.953. The minimum Gasteiger partial charge on any atom is -0.370 e. The molecule has 2 heteroatoms. The first-order valence-corrected chi connectivity index (χ1v) is 5.17. The van der Waals surface area contributed by atoms with Crippen molar-refractivity contribution in [3.8, 4) is 0 Å². The van der Waals surface area contributed by atoms with Crippen LogP contribution in [-0.2, 0) is 9.53 Å². The summed E-state index contributed by atoms with van der Waals surface area (Å²) in [6.45, 7) is 0. The Balaban J connectivity index is 2.03. The van der Waals surface area contributed by atoms with Crippen LogP contribution in [0.4, 0.5) is 0 Å². The van der Waals surface area contributed by atoms with Crippen molar-refractivity contribution in [2.45, 2.75) is 43.8 Å². The van der Waals surface area contributed by atoms with Crippen LogP contribution in [0.25, 0.3) is 0 Å². The Kier molecular flexibility index (Phi) is 1.46. The zero-order valence-electron chi connectivity index (χ0n) is 7.66. The van der Waals surface area contributed by atoms with Crippen LogP contribution >= 0.6 is 0 Å². The normalized spacial score (nSPS) is 47.8. The zero-order valence-corrected chi connectivity index (χ0v) is 7.66. The van der Waals surface area contributed by atoms with Gasteiger partial charge in [-0.15, -0.1) is 0 Å². The molecule has 13 heavy (non-hydrogen) atoms. The van der Waals surface area contributed by atoms with Crippen molar-refractivity contribution in [1.82, 2.24) is 0 Å². The molecule has 1 aliphatic carbocycles. The van der Waals surface area contributed by atoms with E-state index in [-0.39, 0.29) is 11.5 Å². The fourth-order valence-corrected chi connectivity index (χ4v) is 3.02. The summed E-state index contributed by atoms with van der Waals surface area (Å²) >= 11 is 0. The molecule has 70 valence electrons. The number of carbonyl (C=O) groups is 1. The van der Waals surface area contributed by atoms with E-state index < -0.39 is 0 Å². The van der Waals surface area contributed by atoms with E-state index in [9.17, 15) is 4.79 Å². The molecule has 0 aromatic carbocycles. The van der Waals surface area contributed by atoms with Crippen LogP contribution in [0.5, 0.6) is 0 Å². The minimum atomic E-state index is -0.0747. The van der Waals surface area contributed by atoms with E-state index in [2.05, 4.69) is 12.2 Å². The van der Waals surface area contributed by atoms with Crippen LogP contribution in [0.2, 0.25) is 0 Å². The summed E-state index contributed by atoms with van der Waals surface area (Å²) in [7, 11) is 0. The van der Waals surface area contributed by atoms with Crippen molar-refractivity contribution in [2.24, 2.45) is 5.92 Å². The van der Waals surface area contributed by atoms with Gasteiger partial charge < -0.3 is 4.74 Å². The second-order valence-electron chi connectivity index (χ2n) is 4.45. The van der Waals surface area contributed by atoms with Gasteiger partial charge in [-0.25, -0.2) is 0 Å². The summed E-state index contributed by atoms with van der Waals surface area (Å²) in [5, 5.41) is 0. The molecule has 0 aromatic heterocycles. The molecule has 3 rings (SSSR count). The first-order valence-electron chi connectivity index (χ1n) is 5.17. The third-order valence-electron chi connectivity index (χ3n) is 3.73. The van der Waals surface area contributed by atoms with Gasteiger partial charge in [-0.05, 0) is 25.7 Å². The van der Waals surface area contributed by atoms with Gasteiger partial charge in [0.2, 0.25) is 0 Å². The molecule has 2 nitrogen and oxygen atoms in total. The lowest BCUT2D eigenvalue weighted by atomic mass is 9.86. The van der Waals surface area contributed by atoms with Gasteiger partial charge >= 0.3 is 0 Å². The number of hydrogen-bond acceptors (Lipinski definition) is 2. The number of ketones is 1. The molecule has 1 spiro atoms. The average Bonchev–Trinajstić information content (AvgIpc) is 2.56. The second-order valence-corrected chi connectivity index (χ2v) is 4.45. The average molecular weight is 178 g/mol. The van der Waals surface area contributed by atoms with Gasteiger partial charge in [0.25, 0.3) is 0 Å². The minimum absolute atomic E-state index is 0.0747. The fourth-order valence-electron chi connectivity index (χ4n) is 3.02. The third-order valence-corrected chi connectivity index (χ3v) is 3.73. The van der Waals surface area contributed by atoms with Crippen LogP contribution in [0.1, 0.15) is 32.1 Å². The van der Waals surface area contributed by atoms with Crippen LogP contribution in [-0.4, -0.2) is 17.5 Å². The van der Waals surface area contributed by atoms with Crippen LogP contribution in [0.15, 0.2) is 12.2 Å². The largest absolute Gasteiger partial charge is 0.370 e. The number of ether oxygens (including phenoxy) is 1. The quantitative estimate of drug-likeness (QED) is 0.529. The first kappa shape index (κ1) is 7.74. The smallest absolute Gasteiger partial charge is 0.142 e. The van der Waals surface area contributed by atoms with Crippen molar-refractivity contribution in [3.63, 3.8) is 0 Å². The summed E-state index contributed by atoms with van der Waals surface area (Å²) in [5.74, 6) is 0.471. The molecule has 1 saturated heterocycles. The molecule has 0 aromatic rings. The molecular weight excluding hydrogens is 164 g/mol. The monoisotopic (exact) mass is 178 g/mol. The molecule has 3 aliphatic rings. The number of hydrogen-bond donors (Lipinski definition) is 0. The van der Waals surface area contributed by atoms with E-state index in [4.69, 9.17) is 4.74 Å². The van der Waals surface area contributed by atoms with Crippen molar-refractivity contribution >= 4 is 5.78 Å². The van der Waals surface area contributed by atoms with Crippen molar-refractivity contribution in [3.05, 3.63) is 12.2 Å². The highest BCUT2D eigenvalue weighted by Crippen LogP contribution is 2.48. The maximum Gasteiger partial charge on any atom is 0.142 e. The molecule has 2 aliphatic heterocycles. The molecule has 2 heterocycles. The van der Waals surface area contributed by atoms with Gasteiger partial charge in [-0.2, -0.15) is 0 Å². The predicted molar refractivity (Wildman–Crippen MR) is 48.3 cm³/mol. The molecule has 3 atom stereocenters. The summed E-state index contributed by atoms with van der Waals surface area (Å²) in [6, 6.07) is 0. The van der Waals surface area contributed by atoms with E-state index in [1.807, 2.05) is 0 Å². The van der Waals surface area contributed by atoms with Gasteiger partial charge in [0, 0.05) is 6.42 Å². The Labute approximate surface area is 78.0 Å². The number of fused-ring (bicyclic) bond motifs is 1. The summed E-state index contributed by atoms with van der Waals surface area (Å²) in [6.07, 6.45) is 9.55. The van der Waals surface area contributed by atoms with Crippen molar-refractivity contribution < 1.29 is 9.53 Å². The Morgan fingerprint density at radius 1 is 1.46 bits per heavy atom. The first-order chi connectivity index (χ1) is 6.30. The Bertz CT molecular complexity index is 282. The van der Waals surface area contributed by atoms with Gasteiger partial charge in [-0.1, -0.05) is 12.2 Å². The fraction of sp³-hybridized carbons (Fsp3) is 0.727. The van der Waals surface area contributed by atoms with Gasteiger partial charge in [0.05, 0.1) is 17.6 Å². The van der Waals surface area contributed by atoms with E-state index in [0.717, 1.165) is 32.1 Å². The zero-order chi connectivity index (χ0) is 8.89. The summed E-state index contributed by atoms with van der Waals surface area (Å²) < 4.78 is 6.02. The molecule has 0 amide bonds. The highest BCUT2D eigenvalue weighted by Gasteiger charge is 2.52. The van der Waals surface area contributed by atoms with E-state index >= 15 is 0 Å². The standard InChI is InChI=1S/C11H14O2/c12-10-5-7-11-6-4-8(13-11)2-1-3-9(10)11/h1,3,8-9H,2,4-7H2/t8-,9-,11-/m0/s1. The highest BCUT2D eigenvalue weighted by molar-refractivity contribution is 5.86. The highest BCUT2D eigenvalue weighted by atomic mass is 16.5. The van der Waals surface area contributed by atoms with Crippen LogP contribution in [0, 0.1) is 5.92 Å². The number of rotatable bonds is 0. The lowest BCUT2D eigenvalue weighted by molar-refractivity contribution is -0.123. The molecule has 1 saturated carbocycles. The number of Topliss-reactive ketones (excluding diaryl/α,β-unsaturated/α-hetero) is 1. The SMILES string of the molecule is O=C1CC[C@@]23CC[C@H](CC=C[C@@H]12)O3. The molecule has 2 bridgehead atoms. The lowest BCUT2D eigenvalue weighted by Crippen LogP contribution is -2.33. The topological polar surface area (TPSA) is 26.3 Å². The Morgan fingerprint density at radius 3 is 3.31 bits per heavy atom. The Hall–Kier alpha value is -0.630. The molecular formula is C11H14O2. The summed E-state index contributed by atoms with van der Waals surface area (Å²) in [5.41, 5.74) is -0.0747. The van der Waals surface area contributed by atoms with Gasteiger partial charge in [0.15, 0.2) is 0 Å². The van der Waals surface area contributed by atoms with Crippen LogP contribution in [0.3, 0.4) is 0 Å². The lowest BCUT2D eigenvalue weighted by Gasteiger charge is -2.26. The predicted octanol–water partition coefficient (Wildman–Crippen LogP) is 1.84. The maximum absolute atomic E-state index is 11.6. The molecule has 0 N–H and O–H groups in total. The van der Waals surface area contributed by atoms with Crippen molar-refractivity contribution in [2.75, 3.05) is 0 Å². The van der Waals surface area contributed by atoms with Crippen LogP contribution < -0.4 is 0 Å². The molecule has 0 radical (unpaired) electrons. The van der Waals surface area contributed by atoms with E-state index in [0.29, 0.717) is 11.9 Å². The summed E-state index contributed by atoms with van der Waals surface area (Å²) in [4.78, 5) is 11.6. The van der Waals surface area contributed by atoms with E-state index in [1.54, 1.807) is 0 Å². The van der Waals surface area contributed by atoms with Gasteiger partial charge in [-0.3, -0.25) is 4.79 Å². The van der Waals surface area contributed by atoms with Crippen molar-refractivity contribution in [1.29, 1.82) is 0 Å². The Morgan fingerprint density at radius 2 is 2.38 bits per heavy atom. The second kappa shape index (κ2) is 2.44. The van der Waals surface area contributed by atoms with Gasteiger partial charge in [0.1, 0.15) is 5.78 Å². The van der Waals surface area contributed by atoms with E-state index in [1.165, 1.54) is 0 Å². The molecule has 2 fully saturated rings. The number of carbonyl (C=O) groups excluding carboxylic acids is 1. The maximum atomic E-state index is 11.6. The molecule has 0 unspecified atom stereocenters.